The molecule has 0 N–H and O–H groups in total. The molecule has 7 aromatic heterocycles. The molecule has 0 amide bonds. The summed E-state index contributed by atoms with van der Waals surface area (Å²) in [5, 5.41) is 13.8. The molecule has 0 radical (unpaired) electrons. The van der Waals surface area contributed by atoms with Gasteiger partial charge in [-0.15, -0.1) is 0 Å². The first-order chi connectivity index (χ1) is 46.4. The van der Waals surface area contributed by atoms with Crippen LogP contribution in [0.1, 0.15) is 11.6 Å². The van der Waals surface area contributed by atoms with Crippen LogP contribution in [0.15, 0.2) is 279 Å². The Balaban J connectivity index is 0.965. The molecular formula is C84H52N10. The Morgan fingerprint density at radius 1 is 0.245 bits per heavy atom. The first kappa shape index (κ1) is 52.0. The molecule has 94 heavy (non-hydrogen) atoms. The van der Waals surface area contributed by atoms with E-state index in [0.29, 0.717) is 28.7 Å². The molecule has 20 rings (SSSR count). The number of aryl methyl sites for hydroxylation is 2. The normalized spacial score (nSPS) is 12.1. The molecular weight excluding hydrogens is 1150 g/mol. The van der Waals surface area contributed by atoms with E-state index >= 15 is 0 Å². The minimum absolute atomic E-state index is 0.411. The first-order valence-electron chi connectivity index (χ1n) is 31.8. The molecule has 0 saturated heterocycles. The summed E-state index contributed by atoms with van der Waals surface area (Å²) >= 11 is 0. The predicted octanol–water partition coefficient (Wildman–Crippen LogP) is 21.3. The van der Waals surface area contributed by atoms with E-state index in [4.69, 9.17) is 9.97 Å². The van der Waals surface area contributed by atoms with Gasteiger partial charge < -0.3 is 27.4 Å². The van der Waals surface area contributed by atoms with Crippen LogP contribution in [0.5, 0.6) is 0 Å². The molecule has 0 spiro atoms. The van der Waals surface area contributed by atoms with Crippen LogP contribution in [0.3, 0.4) is 0 Å². The molecule has 10 heteroatoms. The van der Waals surface area contributed by atoms with Crippen molar-refractivity contribution in [2.45, 2.75) is 13.8 Å². The number of hydrogen-bond donors (Lipinski definition) is 0. The lowest BCUT2D eigenvalue weighted by atomic mass is 10.1. The van der Waals surface area contributed by atoms with Gasteiger partial charge in [-0.1, -0.05) is 170 Å². The zero-order valence-corrected chi connectivity index (χ0v) is 51.0. The highest BCUT2D eigenvalue weighted by Crippen LogP contribution is 2.47. The number of benzene rings is 13. The predicted molar refractivity (Wildman–Crippen MR) is 387 cm³/mol. The first-order valence-corrected chi connectivity index (χ1v) is 31.8. The average Bonchev–Trinajstić information content (AvgIpc) is 1.55. The van der Waals surface area contributed by atoms with E-state index in [9.17, 15) is 6.57 Å². The number of nitrogens with zero attached hydrogens (tertiary/aromatic N) is 10. The van der Waals surface area contributed by atoms with Gasteiger partial charge in [-0.05, 0) is 123 Å². The van der Waals surface area contributed by atoms with Crippen LogP contribution in [0.2, 0.25) is 0 Å². The zero-order chi connectivity index (χ0) is 62.0. The highest BCUT2D eigenvalue weighted by atomic mass is 15.1. The highest BCUT2D eigenvalue weighted by molar-refractivity contribution is 6.17. The molecule has 0 fully saturated rings. The van der Waals surface area contributed by atoms with Crippen LogP contribution in [-0.4, -0.2) is 42.4 Å². The summed E-state index contributed by atoms with van der Waals surface area (Å²) in [6, 6.07) is 102. The van der Waals surface area contributed by atoms with Gasteiger partial charge in [0.25, 0.3) is 0 Å². The molecule has 10 nitrogen and oxygen atoms in total. The van der Waals surface area contributed by atoms with Crippen molar-refractivity contribution in [3.8, 4) is 45.5 Å². The van der Waals surface area contributed by atoms with Gasteiger partial charge >= 0.3 is 0 Å². The Kier molecular flexibility index (Phi) is 10.8. The van der Waals surface area contributed by atoms with Crippen LogP contribution in [0.4, 0.5) is 5.69 Å². The van der Waals surface area contributed by atoms with Gasteiger partial charge in [0.15, 0.2) is 11.5 Å². The lowest BCUT2D eigenvalue weighted by Gasteiger charge is -2.20. The Morgan fingerprint density at radius 2 is 0.479 bits per heavy atom. The quantitative estimate of drug-likeness (QED) is 0.149. The average molecular weight is 1200 g/mol. The largest absolute Gasteiger partial charge is 0.309 e. The van der Waals surface area contributed by atoms with E-state index in [0.717, 1.165) is 122 Å². The van der Waals surface area contributed by atoms with Crippen molar-refractivity contribution in [2.75, 3.05) is 0 Å². The van der Waals surface area contributed by atoms with Crippen molar-refractivity contribution in [2.24, 2.45) is 0 Å². The van der Waals surface area contributed by atoms with Crippen LogP contribution >= 0.6 is 0 Å². The summed E-state index contributed by atoms with van der Waals surface area (Å²) in [4.78, 5) is 19.2. The lowest BCUT2D eigenvalue weighted by molar-refractivity contribution is 0.928. The van der Waals surface area contributed by atoms with Gasteiger partial charge in [0.1, 0.15) is 11.6 Å². The molecule has 0 bridgehead atoms. The summed E-state index contributed by atoms with van der Waals surface area (Å²) in [5.41, 5.74) is 19.6. The second kappa shape index (κ2) is 19.6. The van der Waals surface area contributed by atoms with Crippen LogP contribution in [0.25, 0.3) is 181 Å². The zero-order valence-electron chi connectivity index (χ0n) is 51.0. The highest BCUT2D eigenvalue weighted by Gasteiger charge is 2.27. The third-order valence-corrected chi connectivity index (χ3v) is 19.6. The fourth-order valence-corrected chi connectivity index (χ4v) is 15.8. The number of para-hydroxylation sites is 8. The van der Waals surface area contributed by atoms with Crippen molar-refractivity contribution in [1.29, 1.82) is 0 Å². The van der Waals surface area contributed by atoms with Crippen LogP contribution in [0, 0.1) is 20.4 Å². The second-order valence-corrected chi connectivity index (χ2v) is 24.7. The van der Waals surface area contributed by atoms with Gasteiger partial charge in [0.2, 0.25) is 0 Å². The van der Waals surface area contributed by atoms with E-state index in [1.54, 1.807) is 0 Å². The van der Waals surface area contributed by atoms with E-state index in [2.05, 4.69) is 316 Å². The number of hydrogen-bond acceptors (Lipinski definition) is 3. The van der Waals surface area contributed by atoms with Crippen LogP contribution < -0.4 is 0 Å². The molecule has 0 aliphatic carbocycles. The van der Waals surface area contributed by atoms with Crippen molar-refractivity contribution < 1.29 is 0 Å². The van der Waals surface area contributed by atoms with Crippen molar-refractivity contribution in [3.05, 3.63) is 302 Å². The van der Waals surface area contributed by atoms with Gasteiger partial charge in [-0.3, -0.25) is 0 Å². The van der Waals surface area contributed by atoms with Crippen molar-refractivity contribution in [3.63, 3.8) is 0 Å². The molecule has 438 valence electrons. The third-order valence-electron chi connectivity index (χ3n) is 19.6. The summed E-state index contributed by atoms with van der Waals surface area (Å²) in [5.74, 6) is 1.58. The summed E-state index contributed by atoms with van der Waals surface area (Å²) in [6.07, 6.45) is 0. The van der Waals surface area contributed by atoms with Gasteiger partial charge in [-0.2, -0.15) is 0 Å². The monoisotopic (exact) mass is 1200 g/mol. The number of rotatable bonds is 7. The SMILES string of the molecule is [C-]#[N+]c1cc(-n2c3cc(-n4c5ccccc5c5ccccc54)ccc3c3ccc(-n4c5ccccc5c5ccccc54)cc32)c(-n2c3cc(-n4c5ccccc5c5ccccc54)ccc3c3ccc(-n4c5ccccc5c5ccccc54)cc32)cc1-c1nc(C)nc(C)n1. The van der Waals surface area contributed by atoms with Gasteiger partial charge in [0, 0.05) is 92.9 Å². The second-order valence-electron chi connectivity index (χ2n) is 24.7. The maximum atomic E-state index is 9.27. The Bertz CT molecular complexity index is 6150. The van der Waals surface area contributed by atoms with E-state index in [-0.39, 0.29) is 0 Å². The molecule has 7 heterocycles. The Morgan fingerprint density at radius 3 is 0.734 bits per heavy atom. The minimum Gasteiger partial charge on any atom is -0.309 e. The van der Waals surface area contributed by atoms with Gasteiger partial charge in [0.05, 0.1) is 84.1 Å². The Hall–Kier alpha value is -12.8. The molecule has 0 saturated carbocycles. The lowest BCUT2D eigenvalue weighted by Crippen LogP contribution is -2.07. The summed E-state index contributed by atoms with van der Waals surface area (Å²) < 4.78 is 14.5. The van der Waals surface area contributed by atoms with Gasteiger partial charge in [-0.25, -0.2) is 19.8 Å². The molecule has 20 aromatic rings. The molecule has 13 aromatic carbocycles. The third kappa shape index (κ3) is 7.31. The molecule has 0 aliphatic rings. The molecule has 0 aliphatic heterocycles. The van der Waals surface area contributed by atoms with E-state index in [1.807, 2.05) is 13.8 Å². The number of fused-ring (bicyclic) bond motifs is 18. The van der Waals surface area contributed by atoms with Crippen molar-refractivity contribution >= 4 is 137 Å². The summed E-state index contributed by atoms with van der Waals surface area (Å²) in [6.45, 7) is 13.1. The minimum atomic E-state index is 0.411. The van der Waals surface area contributed by atoms with Crippen molar-refractivity contribution in [1.82, 2.24) is 42.4 Å². The number of aromatic nitrogens is 9. The van der Waals surface area contributed by atoms with E-state index in [1.165, 1.54) is 43.1 Å². The standard InChI is InChI=1S/C84H52N10/c1-50-86-51(2)88-84(87-50)68-48-82(93-78-44-52(89-70-28-12-4-20-56(70)57-21-5-13-29-71(57)89)36-40-64(78)65-41-37-53(45-79(65)93)90-72-30-14-6-22-58(72)59-23-7-15-31-73(59)90)83(49-69(68)85-3)94-80-46-54(91-74-32-16-8-24-60(74)61-25-9-17-33-75(61)91)38-42-66(80)67-43-39-55(47-81(67)94)92-76-34-18-10-26-62(76)63-27-11-19-35-77(63)92/h4-49H,1-2H3. The Labute approximate surface area is 537 Å². The van der Waals surface area contributed by atoms with Crippen LogP contribution in [-0.2, 0) is 0 Å². The molecule has 0 atom stereocenters. The van der Waals surface area contributed by atoms with E-state index < -0.39 is 0 Å². The summed E-state index contributed by atoms with van der Waals surface area (Å²) in [7, 11) is 0. The topological polar surface area (TPSA) is 72.6 Å². The fraction of sp³-hybridized carbons (Fsp3) is 0.0238. The molecule has 0 unspecified atom stereocenters. The smallest absolute Gasteiger partial charge is 0.200 e. The fourth-order valence-electron chi connectivity index (χ4n) is 15.8. The maximum absolute atomic E-state index is 9.27. The maximum Gasteiger partial charge on any atom is 0.200 e.